The van der Waals surface area contributed by atoms with Crippen LogP contribution in [0.25, 0.3) is 0 Å². The van der Waals surface area contributed by atoms with Crippen molar-refractivity contribution in [2.75, 3.05) is 0 Å². The molecule has 0 bridgehead atoms. The van der Waals surface area contributed by atoms with Crippen molar-refractivity contribution in [3.63, 3.8) is 0 Å². The number of carbonyl (C=O) groups is 1. The molecule has 0 aliphatic heterocycles. The molecule has 6 aliphatic carbocycles. The summed E-state index contributed by atoms with van der Waals surface area (Å²) in [5, 5.41) is 39.9. The number of benzene rings is 2. The maximum Gasteiger partial charge on any atom is 0.139 e. The van der Waals surface area contributed by atoms with Crippen molar-refractivity contribution in [1.82, 2.24) is 0 Å². The quantitative estimate of drug-likeness (QED) is 0.300. The number of carbonyl (C=O) groups excluding carboxylic acids is 1. The number of hydrogen-bond donors (Lipinski definition) is 4. The monoisotopic (exact) mass is 558 g/mol. The Morgan fingerprint density at radius 3 is 1.88 bits per heavy atom. The van der Waals surface area contributed by atoms with Crippen LogP contribution in [-0.2, 0) is 17.6 Å². The van der Waals surface area contributed by atoms with Gasteiger partial charge in [-0.2, -0.15) is 0 Å². The van der Waals surface area contributed by atoms with Gasteiger partial charge >= 0.3 is 0 Å². The number of ketones is 1. The van der Waals surface area contributed by atoms with Crippen molar-refractivity contribution in [2.45, 2.75) is 109 Å². The SMILES string of the molecule is C[C@]12CC[C@@H]3c4ccc(O)cc4CC[C@H]3[C@@H]1CCC2=O.C[C@]12CC[C@@H]3c4ccc(O)cc4CC[C@H]3[C@@H]1C[C@@H](O)[C@@H]2O. The first-order valence-electron chi connectivity index (χ1n) is 16.1. The zero-order valence-electron chi connectivity index (χ0n) is 24.6. The van der Waals surface area contributed by atoms with Gasteiger partial charge in [0.15, 0.2) is 0 Å². The summed E-state index contributed by atoms with van der Waals surface area (Å²) in [4.78, 5) is 12.3. The maximum absolute atomic E-state index is 12.3. The second-order valence-corrected chi connectivity index (χ2v) is 14.8. The molecule has 220 valence electrons. The molecular weight excluding hydrogens is 512 g/mol. The number of phenols is 2. The molecule has 41 heavy (non-hydrogen) atoms. The van der Waals surface area contributed by atoms with Crippen LogP contribution in [0.4, 0.5) is 0 Å². The van der Waals surface area contributed by atoms with Gasteiger partial charge in [-0.05, 0) is 152 Å². The van der Waals surface area contributed by atoms with Crippen molar-refractivity contribution < 1.29 is 25.2 Å². The lowest BCUT2D eigenvalue weighted by Gasteiger charge is -2.49. The molecule has 0 heterocycles. The summed E-state index contributed by atoms with van der Waals surface area (Å²) in [7, 11) is 0. The molecule has 5 heteroatoms. The van der Waals surface area contributed by atoms with E-state index in [1.807, 2.05) is 18.2 Å². The fourth-order valence-corrected chi connectivity index (χ4v) is 10.9. The van der Waals surface area contributed by atoms with Crippen LogP contribution in [0.15, 0.2) is 36.4 Å². The van der Waals surface area contributed by atoms with Crippen LogP contribution in [0.2, 0.25) is 0 Å². The first-order chi connectivity index (χ1) is 19.6. The van der Waals surface area contributed by atoms with Gasteiger partial charge in [0.2, 0.25) is 0 Å². The van der Waals surface area contributed by atoms with Gasteiger partial charge in [0, 0.05) is 11.8 Å². The van der Waals surface area contributed by atoms with Gasteiger partial charge in [-0.3, -0.25) is 4.79 Å². The van der Waals surface area contributed by atoms with Crippen molar-refractivity contribution in [1.29, 1.82) is 0 Å². The van der Waals surface area contributed by atoms with E-state index >= 15 is 0 Å². The van der Waals surface area contributed by atoms with Crippen LogP contribution in [0.5, 0.6) is 11.5 Å². The minimum atomic E-state index is -0.565. The molecule has 4 fully saturated rings. The normalized spacial score (nSPS) is 42.0. The lowest BCUT2D eigenvalue weighted by Crippen LogP contribution is -2.44. The van der Waals surface area contributed by atoms with Gasteiger partial charge in [0.1, 0.15) is 17.3 Å². The summed E-state index contributed by atoms with van der Waals surface area (Å²) in [5.74, 6) is 4.66. The van der Waals surface area contributed by atoms with E-state index in [2.05, 4.69) is 26.0 Å². The van der Waals surface area contributed by atoms with E-state index in [1.54, 1.807) is 6.07 Å². The highest BCUT2D eigenvalue weighted by Gasteiger charge is 2.58. The number of rotatable bonds is 0. The number of phenolic OH excluding ortho intramolecular Hbond substituents is 2. The van der Waals surface area contributed by atoms with Crippen molar-refractivity contribution in [3.05, 3.63) is 58.7 Å². The molecule has 4 saturated carbocycles. The van der Waals surface area contributed by atoms with E-state index in [0.29, 0.717) is 52.8 Å². The van der Waals surface area contributed by atoms with E-state index in [9.17, 15) is 25.2 Å². The Labute approximate surface area is 244 Å². The van der Waals surface area contributed by atoms with Crippen LogP contribution < -0.4 is 0 Å². The number of Topliss-reactive ketones (excluding diaryl/α,β-unsaturated/α-hetero) is 1. The first-order valence-corrected chi connectivity index (χ1v) is 16.1. The van der Waals surface area contributed by atoms with Gasteiger partial charge in [0.25, 0.3) is 0 Å². The van der Waals surface area contributed by atoms with Gasteiger partial charge < -0.3 is 20.4 Å². The largest absolute Gasteiger partial charge is 0.508 e. The smallest absolute Gasteiger partial charge is 0.139 e. The molecule has 5 nitrogen and oxygen atoms in total. The van der Waals surface area contributed by atoms with E-state index in [0.717, 1.165) is 64.2 Å². The number of hydrogen-bond acceptors (Lipinski definition) is 5. The average molecular weight is 559 g/mol. The van der Waals surface area contributed by atoms with Gasteiger partial charge in [0.05, 0.1) is 12.2 Å². The minimum absolute atomic E-state index is 0.0322. The highest BCUT2D eigenvalue weighted by molar-refractivity contribution is 5.87. The predicted molar refractivity (Wildman–Crippen MR) is 158 cm³/mol. The first kappa shape index (κ1) is 27.5. The fraction of sp³-hybridized carbons (Fsp3) is 0.639. The molecule has 2 aromatic carbocycles. The molecule has 2 aromatic rings. The lowest BCUT2D eigenvalue weighted by molar-refractivity contribution is -0.129. The Morgan fingerprint density at radius 2 is 1.27 bits per heavy atom. The number of aliphatic hydroxyl groups is 2. The van der Waals surface area contributed by atoms with E-state index in [-0.39, 0.29) is 10.8 Å². The van der Waals surface area contributed by atoms with Crippen LogP contribution >= 0.6 is 0 Å². The molecule has 0 unspecified atom stereocenters. The predicted octanol–water partition coefficient (Wildman–Crippen LogP) is 6.40. The second kappa shape index (κ2) is 9.84. The van der Waals surface area contributed by atoms with E-state index in [4.69, 9.17) is 0 Å². The second-order valence-electron chi connectivity index (χ2n) is 14.8. The van der Waals surface area contributed by atoms with Crippen LogP contribution in [0.1, 0.15) is 106 Å². The molecule has 8 rings (SSSR count). The number of aromatic hydroxyl groups is 2. The highest BCUT2D eigenvalue weighted by atomic mass is 16.3. The molecule has 0 radical (unpaired) electrons. The summed E-state index contributed by atoms with van der Waals surface area (Å²) >= 11 is 0. The summed E-state index contributed by atoms with van der Waals surface area (Å²) in [6, 6.07) is 11.7. The fourth-order valence-electron chi connectivity index (χ4n) is 10.9. The molecule has 0 saturated heterocycles. The standard InChI is InChI=1S/C18H24O3.C18H22O2/c1-18-7-6-13-12-5-3-11(19)8-10(12)2-4-14(13)15(18)9-16(20)17(18)21;1-18-9-8-14-13-5-3-12(19)10-11(13)2-4-15(14)16(18)6-7-17(18)20/h3,5,8,13-17,19-21H,2,4,6-7,9H2,1H3;3,5,10,14-16,19H,2,4,6-9H2,1H3/t13-,14-,15+,16-,17+,18+;14-,15-,16+,18+/m11/s1. The summed E-state index contributed by atoms with van der Waals surface area (Å²) in [5.41, 5.74) is 5.31. The number of aryl methyl sites for hydroxylation is 2. The molecule has 0 amide bonds. The lowest BCUT2D eigenvalue weighted by atomic mass is 9.55. The molecule has 0 aromatic heterocycles. The zero-order chi connectivity index (χ0) is 28.7. The van der Waals surface area contributed by atoms with Gasteiger partial charge in [-0.15, -0.1) is 0 Å². The van der Waals surface area contributed by atoms with Crippen LogP contribution in [0, 0.1) is 34.5 Å². The molecule has 10 atom stereocenters. The highest BCUT2D eigenvalue weighted by Crippen LogP contribution is 2.61. The Balaban J connectivity index is 0.000000135. The van der Waals surface area contributed by atoms with Crippen LogP contribution in [-0.4, -0.2) is 38.4 Å². The topological polar surface area (TPSA) is 98.0 Å². The maximum atomic E-state index is 12.3. The summed E-state index contributed by atoms with van der Waals surface area (Å²) in [6.07, 6.45) is 10.1. The zero-order valence-corrected chi connectivity index (χ0v) is 24.6. The Bertz CT molecular complexity index is 1350. The average Bonchev–Trinajstić information content (AvgIpc) is 3.39. The van der Waals surface area contributed by atoms with Gasteiger partial charge in [-0.1, -0.05) is 26.0 Å². The van der Waals surface area contributed by atoms with Crippen molar-refractivity contribution in [2.24, 2.45) is 34.5 Å². The Hall–Kier alpha value is -2.37. The van der Waals surface area contributed by atoms with Crippen LogP contribution in [0.3, 0.4) is 0 Å². The van der Waals surface area contributed by atoms with E-state index in [1.165, 1.54) is 28.7 Å². The molecule has 0 spiro atoms. The van der Waals surface area contributed by atoms with Crippen molar-refractivity contribution >= 4 is 5.78 Å². The number of fused-ring (bicyclic) bond motifs is 10. The molecular formula is C36H46O5. The summed E-state index contributed by atoms with van der Waals surface area (Å²) in [6.45, 7) is 4.39. The molecule has 6 aliphatic rings. The third-order valence-electron chi connectivity index (χ3n) is 13.1. The third-order valence-corrected chi connectivity index (χ3v) is 13.1. The Kier molecular flexibility index (Phi) is 6.59. The molecule has 4 N–H and O–H groups in total. The minimum Gasteiger partial charge on any atom is -0.508 e. The Morgan fingerprint density at radius 1 is 0.707 bits per heavy atom. The third kappa shape index (κ3) is 4.20. The summed E-state index contributed by atoms with van der Waals surface area (Å²) < 4.78 is 0. The van der Waals surface area contributed by atoms with Gasteiger partial charge in [-0.25, -0.2) is 0 Å². The van der Waals surface area contributed by atoms with E-state index < -0.39 is 12.2 Å². The number of aliphatic hydroxyl groups excluding tert-OH is 2. The van der Waals surface area contributed by atoms with Crippen molar-refractivity contribution in [3.8, 4) is 11.5 Å².